The molecule has 0 fully saturated rings. The van der Waals surface area contributed by atoms with Crippen LogP contribution in [0, 0.1) is 0 Å². The average Bonchev–Trinajstić information content (AvgIpc) is 1.85. The number of hydrogen-bond donors (Lipinski definition) is 2. The van der Waals surface area contributed by atoms with Crippen LogP contribution in [0.2, 0.25) is 0 Å². The van der Waals surface area contributed by atoms with E-state index in [-0.39, 0.29) is 13.0 Å². The Morgan fingerprint density at radius 2 is 2.00 bits per heavy atom. The van der Waals surface area contributed by atoms with Gasteiger partial charge in [0.25, 0.3) is 5.12 Å². The van der Waals surface area contributed by atoms with Gasteiger partial charge in [0.05, 0.1) is 6.04 Å². The summed E-state index contributed by atoms with van der Waals surface area (Å²) in [6.45, 7) is 0.211. The van der Waals surface area contributed by atoms with Gasteiger partial charge >= 0.3 is 0 Å². The Bertz CT molecular complexity index is 234. The molecule has 0 aliphatic heterocycles. The van der Waals surface area contributed by atoms with Gasteiger partial charge in [-0.2, -0.15) is 0 Å². The monoisotopic (exact) mass is 180 g/mol. The second-order valence-corrected chi connectivity index (χ2v) is 4.22. The topological polar surface area (TPSA) is 103 Å². The molecule has 5 nitrogen and oxygen atoms in total. The standard InChI is InChI=1S/C5H12N2O3S/c1-11(9,10)5(8)4(7)2-3-6/h4H,2-3,6-7H2,1H3/t4-/m0/s1. The van der Waals surface area contributed by atoms with Crippen LogP contribution in [-0.4, -0.2) is 32.4 Å². The molecule has 0 aromatic rings. The largest absolute Gasteiger partial charge is 0.330 e. The molecular weight excluding hydrogens is 168 g/mol. The first-order chi connectivity index (χ1) is 4.89. The van der Waals surface area contributed by atoms with Crippen molar-refractivity contribution in [2.45, 2.75) is 12.5 Å². The minimum Gasteiger partial charge on any atom is -0.330 e. The van der Waals surface area contributed by atoms with E-state index in [1.807, 2.05) is 0 Å². The lowest BCUT2D eigenvalue weighted by Crippen LogP contribution is -2.37. The van der Waals surface area contributed by atoms with E-state index in [0.717, 1.165) is 6.26 Å². The number of rotatable bonds is 3. The molecule has 0 rings (SSSR count). The highest BCUT2D eigenvalue weighted by Crippen LogP contribution is 1.94. The van der Waals surface area contributed by atoms with Crippen LogP contribution in [0.5, 0.6) is 0 Å². The molecule has 0 amide bonds. The zero-order valence-corrected chi connectivity index (χ0v) is 7.10. The van der Waals surface area contributed by atoms with E-state index in [0.29, 0.717) is 0 Å². The highest BCUT2D eigenvalue weighted by Gasteiger charge is 2.22. The SMILES string of the molecule is CS(=O)(=O)C(=O)[C@@H](N)CCN. The van der Waals surface area contributed by atoms with Gasteiger partial charge in [-0.05, 0) is 13.0 Å². The van der Waals surface area contributed by atoms with Gasteiger partial charge in [0.1, 0.15) is 0 Å². The third-order valence-electron chi connectivity index (χ3n) is 1.15. The Kier molecular flexibility index (Phi) is 3.64. The second-order valence-electron chi connectivity index (χ2n) is 2.28. The van der Waals surface area contributed by atoms with Crippen molar-refractivity contribution in [3.63, 3.8) is 0 Å². The number of nitrogens with two attached hydrogens (primary N) is 2. The highest BCUT2D eigenvalue weighted by molar-refractivity contribution is 8.05. The van der Waals surface area contributed by atoms with Gasteiger partial charge in [-0.15, -0.1) is 0 Å². The number of carbonyl (C=O) groups is 1. The molecule has 0 heterocycles. The Labute approximate surface area is 65.7 Å². The van der Waals surface area contributed by atoms with Crippen LogP contribution < -0.4 is 11.5 Å². The zero-order chi connectivity index (χ0) is 9.07. The first-order valence-corrected chi connectivity index (χ1v) is 4.98. The van der Waals surface area contributed by atoms with E-state index in [4.69, 9.17) is 11.5 Å². The summed E-state index contributed by atoms with van der Waals surface area (Å²) in [7, 11) is -3.64. The van der Waals surface area contributed by atoms with Crippen LogP contribution in [-0.2, 0) is 14.6 Å². The van der Waals surface area contributed by atoms with Crippen LogP contribution in [0.4, 0.5) is 0 Å². The molecule has 0 aromatic carbocycles. The Hall–Kier alpha value is -0.460. The van der Waals surface area contributed by atoms with Crippen molar-refractivity contribution < 1.29 is 13.2 Å². The highest BCUT2D eigenvalue weighted by atomic mass is 32.2. The predicted molar refractivity (Wildman–Crippen MR) is 41.5 cm³/mol. The first-order valence-electron chi connectivity index (χ1n) is 3.09. The molecule has 0 radical (unpaired) electrons. The summed E-state index contributed by atoms with van der Waals surface area (Å²) in [4.78, 5) is 10.8. The molecule has 0 saturated heterocycles. The fraction of sp³-hybridized carbons (Fsp3) is 0.800. The Morgan fingerprint density at radius 1 is 1.55 bits per heavy atom. The van der Waals surface area contributed by atoms with Crippen LogP contribution >= 0.6 is 0 Å². The minimum atomic E-state index is -3.64. The number of sulfone groups is 1. The summed E-state index contributed by atoms with van der Waals surface area (Å²) >= 11 is 0. The second kappa shape index (κ2) is 3.80. The van der Waals surface area contributed by atoms with Crippen molar-refractivity contribution in [2.75, 3.05) is 12.8 Å². The summed E-state index contributed by atoms with van der Waals surface area (Å²) < 4.78 is 21.2. The summed E-state index contributed by atoms with van der Waals surface area (Å²) in [6.07, 6.45) is 1.04. The van der Waals surface area contributed by atoms with E-state index < -0.39 is 21.0 Å². The van der Waals surface area contributed by atoms with Crippen LogP contribution in [0.3, 0.4) is 0 Å². The fourth-order valence-electron chi connectivity index (χ4n) is 0.572. The van der Waals surface area contributed by atoms with Gasteiger partial charge in [0.15, 0.2) is 0 Å². The predicted octanol–water partition coefficient (Wildman–Crippen LogP) is -1.77. The molecule has 0 saturated carbocycles. The molecule has 0 aliphatic rings. The first kappa shape index (κ1) is 10.5. The van der Waals surface area contributed by atoms with Gasteiger partial charge in [-0.3, -0.25) is 4.79 Å². The van der Waals surface area contributed by atoms with Crippen LogP contribution in [0.15, 0.2) is 0 Å². The van der Waals surface area contributed by atoms with Gasteiger partial charge in [0.2, 0.25) is 9.84 Å². The molecule has 11 heavy (non-hydrogen) atoms. The van der Waals surface area contributed by atoms with Gasteiger partial charge in [-0.25, -0.2) is 8.42 Å². The van der Waals surface area contributed by atoms with Gasteiger partial charge < -0.3 is 11.5 Å². The quantitative estimate of drug-likeness (QED) is 0.535. The van der Waals surface area contributed by atoms with Gasteiger partial charge in [-0.1, -0.05) is 0 Å². The Balaban J connectivity index is 4.27. The van der Waals surface area contributed by atoms with Crippen molar-refractivity contribution in [2.24, 2.45) is 11.5 Å². The maximum Gasteiger partial charge on any atom is 0.262 e. The molecule has 6 heteroatoms. The minimum absolute atomic E-state index is 0.200. The lowest BCUT2D eigenvalue weighted by Gasteiger charge is -2.05. The molecule has 4 N–H and O–H groups in total. The fourth-order valence-corrected chi connectivity index (χ4v) is 1.24. The molecule has 0 unspecified atom stereocenters. The smallest absolute Gasteiger partial charge is 0.262 e. The maximum absolute atomic E-state index is 10.8. The summed E-state index contributed by atoms with van der Waals surface area (Å²) in [6, 6.07) is -0.977. The van der Waals surface area contributed by atoms with Gasteiger partial charge in [0, 0.05) is 6.26 Å². The van der Waals surface area contributed by atoms with E-state index in [1.54, 1.807) is 0 Å². The number of hydrogen-bond acceptors (Lipinski definition) is 5. The molecule has 0 aliphatic carbocycles. The number of carbonyl (C=O) groups excluding carboxylic acids is 1. The molecular formula is C5H12N2O3S. The van der Waals surface area contributed by atoms with E-state index in [9.17, 15) is 13.2 Å². The normalized spacial score (nSPS) is 14.5. The maximum atomic E-state index is 10.8. The summed E-state index contributed by atoms with van der Waals surface area (Å²) in [5, 5.41) is -0.942. The van der Waals surface area contributed by atoms with Crippen molar-refractivity contribution in [3.05, 3.63) is 0 Å². The van der Waals surface area contributed by atoms with Crippen molar-refractivity contribution >= 4 is 15.0 Å². The van der Waals surface area contributed by atoms with E-state index in [2.05, 4.69) is 0 Å². The molecule has 1 atom stereocenters. The van der Waals surface area contributed by atoms with E-state index in [1.165, 1.54) is 0 Å². The Morgan fingerprint density at radius 3 is 2.27 bits per heavy atom. The van der Waals surface area contributed by atoms with Crippen molar-refractivity contribution in [1.29, 1.82) is 0 Å². The molecule has 0 bridgehead atoms. The zero-order valence-electron chi connectivity index (χ0n) is 6.28. The van der Waals surface area contributed by atoms with Crippen molar-refractivity contribution in [1.82, 2.24) is 0 Å². The lowest BCUT2D eigenvalue weighted by molar-refractivity contribution is -0.112. The molecule has 0 aromatic heterocycles. The third-order valence-corrected chi connectivity index (χ3v) is 2.18. The lowest BCUT2D eigenvalue weighted by atomic mass is 10.2. The van der Waals surface area contributed by atoms with Crippen LogP contribution in [0.1, 0.15) is 6.42 Å². The average molecular weight is 180 g/mol. The van der Waals surface area contributed by atoms with Crippen molar-refractivity contribution in [3.8, 4) is 0 Å². The summed E-state index contributed by atoms with van der Waals surface area (Å²) in [5.41, 5.74) is 10.3. The molecule has 0 spiro atoms. The molecule has 66 valence electrons. The van der Waals surface area contributed by atoms with E-state index >= 15 is 0 Å². The van der Waals surface area contributed by atoms with Crippen LogP contribution in [0.25, 0.3) is 0 Å². The summed E-state index contributed by atoms with van der Waals surface area (Å²) in [5.74, 6) is 0. The third kappa shape index (κ3) is 3.45.